The van der Waals surface area contributed by atoms with E-state index >= 15 is 0 Å². The van der Waals surface area contributed by atoms with Crippen LogP contribution in [0.1, 0.15) is 19.4 Å². The number of methoxy groups -OCH3 is 1. The fraction of sp³-hybridized carbons (Fsp3) is 0.417. The van der Waals surface area contributed by atoms with Gasteiger partial charge in [0.05, 0.1) is 7.11 Å². The maximum Gasteiger partial charge on any atom is 0.217 e. The van der Waals surface area contributed by atoms with Gasteiger partial charge >= 0.3 is 0 Å². The molecule has 0 saturated heterocycles. The van der Waals surface area contributed by atoms with Gasteiger partial charge in [0.1, 0.15) is 5.75 Å². The van der Waals surface area contributed by atoms with Crippen LogP contribution in [0.2, 0.25) is 0 Å². The first kappa shape index (κ1) is 11.6. The normalized spacial score (nSPS) is 11.9. The third-order valence-corrected chi connectivity index (χ3v) is 2.13. The van der Waals surface area contributed by atoms with Crippen molar-refractivity contribution in [2.75, 3.05) is 7.11 Å². The van der Waals surface area contributed by atoms with Gasteiger partial charge in [0.15, 0.2) is 0 Å². The molecule has 0 aliphatic heterocycles. The summed E-state index contributed by atoms with van der Waals surface area (Å²) in [4.78, 5) is 10.8. The van der Waals surface area contributed by atoms with Crippen LogP contribution in [0.5, 0.6) is 5.75 Å². The zero-order valence-corrected chi connectivity index (χ0v) is 9.41. The van der Waals surface area contributed by atoms with E-state index in [1.165, 1.54) is 6.92 Å². The summed E-state index contributed by atoms with van der Waals surface area (Å²) in [5.74, 6) is 0.855. The largest absolute Gasteiger partial charge is 0.497 e. The first-order valence-corrected chi connectivity index (χ1v) is 5.02. The molecular formula is C12H17NO2. The smallest absolute Gasteiger partial charge is 0.217 e. The molecule has 1 atom stereocenters. The van der Waals surface area contributed by atoms with Crippen LogP contribution >= 0.6 is 0 Å². The summed E-state index contributed by atoms with van der Waals surface area (Å²) in [5.41, 5.74) is 1.16. The number of carbonyl (C=O) groups excluding carboxylic acids is 1. The Morgan fingerprint density at radius 2 is 2.27 bits per heavy atom. The lowest BCUT2D eigenvalue weighted by atomic mass is 10.1. The molecule has 0 radical (unpaired) electrons. The van der Waals surface area contributed by atoms with Crippen molar-refractivity contribution in [3.8, 4) is 5.75 Å². The molecule has 1 amide bonds. The fourth-order valence-corrected chi connectivity index (χ4v) is 1.55. The third kappa shape index (κ3) is 4.02. The minimum atomic E-state index is 0.00500. The molecule has 1 aromatic carbocycles. The maximum atomic E-state index is 10.8. The summed E-state index contributed by atoms with van der Waals surface area (Å²) in [6, 6.07) is 8.02. The Kier molecular flexibility index (Phi) is 4.16. The van der Waals surface area contributed by atoms with E-state index < -0.39 is 0 Å². The van der Waals surface area contributed by atoms with Gasteiger partial charge in [-0.1, -0.05) is 12.1 Å². The Hall–Kier alpha value is -1.51. The zero-order valence-electron chi connectivity index (χ0n) is 9.41. The fourth-order valence-electron chi connectivity index (χ4n) is 1.55. The summed E-state index contributed by atoms with van der Waals surface area (Å²) >= 11 is 0. The molecule has 0 unspecified atom stereocenters. The van der Waals surface area contributed by atoms with Crippen LogP contribution in [0.4, 0.5) is 0 Å². The molecule has 1 rings (SSSR count). The second-order valence-corrected chi connectivity index (χ2v) is 3.66. The Bertz CT molecular complexity index is 336. The number of carbonyl (C=O) groups is 1. The highest BCUT2D eigenvalue weighted by Gasteiger charge is 2.05. The molecule has 1 N–H and O–H groups in total. The first-order valence-electron chi connectivity index (χ1n) is 5.02. The van der Waals surface area contributed by atoms with Gasteiger partial charge in [0.2, 0.25) is 5.91 Å². The minimum absolute atomic E-state index is 0.00500. The zero-order chi connectivity index (χ0) is 11.3. The summed E-state index contributed by atoms with van der Waals surface area (Å²) in [6.45, 7) is 3.52. The molecule has 1 aromatic rings. The quantitative estimate of drug-likeness (QED) is 0.817. The summed E-state index contributed by atoms with van der Waals surface area (Å²) in [6.07, 6.45) is 0.816. The van der Waals surface area contributed by atoms with Crippen LogP contribution in [0, 0.1) is 0 Å². The lowest BCUT2D eigenvalue weighted by Gasteiger charge is -2.12. The summed E-state index contributed by atoms with van der Waals surface area (Å²) in [7, 11) is 1.65. The number of nitrogens with one attached hydrogen (secondary N) is 1. The molecule has 3 nitrogen and oxygen atoms in total. The van der Waals surface area contributed by atoms with E-state index in [-0.39, 0.29) is 11.9 Å². The average molecular weight is 207 g/mol. The van der Waals surface area contributed by atoms with E-state index in [4.69, 9.17) is 4.74 Å². The summed E-state index contributed by atoms with van der Waals surface area (Å²) in [5, 5.41) is 2.85. The Labute approximate surface area is 90.4 Å². The topological polar surface area (TPSA) is 38.3 Å². The van der Waals surface area contributed by atoms with Gasteiger partial charge in [-0.05, 0) is 31.0 Å². The van der Waals surface area contributed by atoms with Gasteiger partial charge in [-0.15, -0.1) is 0 Å². The molecule has 0 aromatic heterocycles. The molecule has 0 heterocycles. The van der Waals surface area contributed by atoms with Crippen LogP contribution in [-0.4, -0.2) is 19.1 Å². The first-order chi connectivity index (χ1) is 7.11. The molecule has 0 fully saturated rings. The number of hydrogen-bond donors (Lipinski definition) is 1. The van der Waals surface area contributed by atoms with Gasteiger partial charge in [-0.25, -0.2) is 0 Å². The van der Waals surface area contributed by atoms with Gasteiger partial charge in [0, 0.05) is 13.0 Å². The monoisotopic (exact) mass is 207 g/mol. The molecule has 3 heteroatoms. The van der Waals surface area contributed by atoms with Gasteiger partial charge in [-0.2, -0.15) is 0 Å². The van der Waals surface area contributed by atoms with E-state index in [9.17, 15) is 4.79 Å². The van der Waals surface area contributed by atoms with Crippen LogP contribution in [0.25, 0.3) is 0 Å². The van der Waals surface area contributed by atoms with E-state index in [0.717, 1.165) is 17.7 Å². The van der Waals surface area contributed by atoms with Crippen LogP contribution in [0.15, 0.2) is 24.3 Å². The molecule has 0 aliphatic rings. The number of rotatable bonds is 4. The lowest BCUT2D eigenvalue weighted by Crippen LogP contribution is -2.31. The number of benzene rings is 1. The average Bonchev–Trinajstić information content (AvgIpc) is 2.16. The summed E-state index contributed by atoms with van der Waals surface area (Å²) < 4.78 is 5.13. The number of hydrogen-bond acceptors (Lipinski definition) is 2. The van der Waals surface area contributed by atoms with Gasteiger partial charge in [-0.3, -0.25) is 4.79 Å². The lowest BCUT2D eigenvalue weighted by molar-refractivity contribution is -0.119. The molecule has 15 heavy (non-hydrogen) atoms. The SMILES string of the molecule is COc1cccc(C[C@H](C)NC(C)=O)c1. The standard InChI is InChI=1S/C12H17NO2/c1-9(13-10(2)14)7-11-5-4-6-12(8-11)15-3/h4-6,8-9H,7H2,1-3H3,(H,13,14)/t9-/m0/s1. The predicted octanol–water partition coefficient (Wildman–Crippen LogP) is 1.76. The molecular weight excluding hydrogens is 190 g/mol. The maximum absolute atomic E-state index is 10.8. The highest BCUT2D eigenvalue weighted by molar-refractivity contribution is 5.73. The Balaban J connectivity index is 2.59. The number of amides is 1. The molecule has 0 aliphatic carbocycles. The highest BCUT2D eigenvalue weighted by atomic mass is 16.5. The molecule has 0 saturated carbocycles. The second-order valence-electron chi connectivity index (χ2n) is 3.66. The Morgan fingerprint density at radius 1 is 1.53 bits per heavy atom. The van der Waals surface area contributed by atoms with Crippen molar-refractivity contribution in [3.05, 3.63) is 29.8 Å². The van der Waals surface area contributed by atoms with Gasteiger partial charge < -0.3 is 10.1 Å². The van der Waals surface area contributed by atoms with Crippen molar-refractivity contribution >= 4 is 5.91 Å². The van der Waals surface area contributed by atoms with E-state index in [0.29, 0.717) is 0 Å². The van der Waals surface area contributed by atoms with Crippen molar-refractivity contribution in [2.24, 2.45) is 0 Å². The molecule has 82 valence electrons. The van der Waals surface area contributed by atoms with Crippen molar-refractivity contribution < 1.29 is 9.53 Å². The van der Waals surface area contributed by atoms with E-state index in [1.807, 2.05) is 31.2 Å². The van der Waals surface area contributed by atoms with Crippen molar-refractivity contribution in [3.63, 3.8) is 0 Å². The van der Waals surface area contributed by atoms with Crippen LogP contribution in [0.3, 0.4) is 0 Å². The third-order valence-electron chi connectivity index (χ3n) is 2.13. The molecule has 0 bridgehead atoms. The Morgan fingerprint density at radius 3 is 2.87 bits per heavy atom. The van der Waals surface area contributed by atoms with Crippen LogP contribution < -0.4 is 10.1 Å². The van der Waals surface area contributed by atoms with Crippen molar-refractivity contribution in [2.45, 2.75) is 26.3 Å². The second kappa shape index (κ2) is 5.39. The van der Waals surface area contributed by atoms with Crippen molar-refractivity contribution in [1.82, 2.24) is 5.32 Å². The van der Waals surface area contributed by atoms with E-state index in [2.05, 4.69) is 5.32 Å². The van der Waals surface area contributed by atoms with Crippen molar-refractivity contribution in [1.29, 1.82) is 0 Å². The van der Waals surface area contributed by atoms with E-state index in [1.54, 1.807) is 7.11 Å². The predicted molar refractivity (Wildman–Crippen MR) is 60.0 cm³/mol. The minimum Gasteiger partial charge on any atom is -0.497 e. The number of ether oxygens (including phenoxy) is 1. The molecule has 0 spiro atoms. The van der Waals surface area contributed by atoms with Gasteiger partial charge in [0.25, 0.3) is 0 Å². The van der Waals surface area contributed by atoms with Crippen LogP contribution in [-0.2, 0) is 11.2 Å². The highest BCUT2D eigenvalue weighted by Crippen LogP contribution is 2.13.